The summed E-state index contributed by atoms with van der Waals surface area (Å²) in [5, 5.41) is 2.66. The molecule has 2 aromatic rings. The van der Waals surface area contributed by atoms with Gasteiger partial charge in [-0.15, -0.1) is 0 Å². The van der Waals surface area contributed by atoms with Crippen LogP contribution in [0.2, 0.25) is 0 Å². The van der Waals surface area contributed by atoms with Gasteiger partial charge in [-0.1, -0.05) is 12.1 Å². The maximum Gasteiger partial charge on any atom is 0.416 e. The van der Waals surface area contributed by atoms with Gasteiger partial charge in [-0.05, 0) is 29.8 Å². The first kappa shape index (κ1) is 17.7. The highest BCUT2D eigenvalue weighted by Gasteiger charge is 2.29. The summed E-state index contributed by atoms with van der Waals surface area (Å²) >= 11 is 0. The molecule has 1 N–H and O–H groups in total. The van der Waals surface area contributed by atoms with Crippen molar-refractivity contribution >= 4 is 11.6 Å². The molecule has 128 valence electrons. The van der Waals surface area contributed by atoms with E-state index in [9.17, 15) is 18.0 Å². The van der Waals surface area contributed by atoms with Gasteiger partial charge in [-0.3, -0.25) is 4.79 Å². The van der Waals surface area contributed by atoms with E-state index in [0.29, 0.717) is 22.7 Å². The Balaban J connectivity index is 2.06. The summed E-state index contributed by atoms with van der Waals surface area (Å²) in [6, 6.07) is 9.39. The Kier molecular flexibility index (Phi) is 5.33. The van der Waals surface area contributed by atoms with E-state index in [1.165, 1.54) is 26.4 Å². The highest BCUT2D eigenvalue weighted by molar-refractivity contribution is 5.93. The minimum atomic E-state index is -4.39. The molecule has 0 saturated carbocycles. The number of hydrogen-bond donors (Lipinski definition) is 1. The number of carbonyl (C=O) groups is 1. The summed E-state index contributed by atoms with van der Waals surface area (Å²) in [6.07, 6.45) is -4.44. The first-order valence-corrected chi connectivity index (χ1v) is 7.01. The zero-order valence-corrected chi connectivity index (χ0v) is 13.1. The van der Waals surface area contributed by atoms with Crippen molar-refractivity contribution < 1.29 is 27.4 Å². The molecule has 0 unspecified atom stereocenters. The summed E-state index contributed by atoms with van der Waals surface area (Å²) in [5.41, 5.74) is 0.187. The summed E-state index contributed by atoms with van der Waals surface area (Å²) in [5.74, 6) is 0.640. The number of ether oxygens (including phenoxy) is 2. The third-order valence-corrected chi connectivity index (χ3v) is 3.33. The lowest BCUT2D eigenvalue weighted by Crippen LogP contribution is -2.15. The Hall–Kier alpha value is -2.70. The van der Waals surface area contributed by atoms with Crippen LogP contribution >= 0.6 is 0 Å². The molecule has 0 spiro atoms. The number of anilines is 1. The number of amides is 1. The Bertz CT molecular complexity index is 712. The van der Waals surface area contributed by atoms with Gasteiger partial charge in [0.15, 0.2) is 0 Å². The third kappa shape index (κ3) is 4.41. The van der Waals surface area contributed by atoms with Crippen LogP contribution in [0.25, 0.3) is 0 Å². The first-order chi connectivity index (χ1) is 11.3. The fraction of sp³-hybridized carbons (Fsp3) is 0.235. The number of halogens is 3. The van der Waals surface area contributed by atoms with E-state index in [-0.39, 0.29) is 12.3 Å². The normalized spacial score (nSPS) is 11.0. The highest BCUT2D eigenvalue weighted by atomic mass is 19.4. The lowest BCUT2D eigenvalue weighted by Gasteiger charge is -2.12. The maximum atomic E-state index is 12.5. The predicted octanol–water partition coefficient (Wildman–Crippen LogP) is 3.90. The number of rotatable bonds is 5. The van der Waals surface area contributed by atoms with Crippen LogP contribution in [0.15, 0.2) is 42.5 Å². The number of methoxy groups -OCH3 is 2. The minimum Gasteiger partial charge on any atom is -0.497 e. The quantitative estimate of drug-likeness (QED) is 0.899. The molecular weight excluding hydrogens is 323 g/mol. The number of benzene rings is 2. The van der Waals surface area contributed by atoms with Crippen LogP contribution in [0, 0.1) is 0 Å². The Labute approximate surface area is 137 Å². The van der Waals surface area contributed by atoms with Gasteiger partial charge in [0.25, 0.3) is 0 Å². The summed E-state index contributed by atoms with van der Waals surface area (Å²) < 4.78 is 47.8. The van der Waals surface area contributed by atoms with Crippen LogP contribution in [0.1, 0.15) is 11.1 Å². The third-order valence-electron chi connectivity index (χ3n) is 3.33. The van der Waals surface area contributed by atoms with Crippen molar-refractivity contribution in [1.82, 2.24) is 0 Å². The van der Waals surface area contributed by atoms with Crippen LogP contribution in [0.3, 0.4) is 0 Å². The second-order valence-corrected chi connectivity index (χ2v) is 4.99. The van der Waals surface area contributed by atoms with E-state index in [1.54, 1.807) is 18.2 Å². The fourth-order valence-electron chi connectivity index (χ4n) is 2.09. The molecule has 0 aliphatic heterocycles. The minimum absolute atomic E-state index is 0.0483. The van der Waals surface area contributed by atoms with Gasteiger partial charge in [-0.25, -0.2) is 0 Å². The van der Waals surface area contributed by atoms with Crippen molar-refractivity contribution in [2.45, 2.75) is 12.6 Å². The molecule has 7 heteroatoms. The number of carbonyl (C=O) groups excluding carboxylic acids is 1. The first-order valence-electron chi connectivity index (χ1n) is 7.01. The molecule has 0 radical (unpaired) electrons. The summed E-state index contributed by atoms with van der Waals surface area (Å²) in [6.45, 7) is 0. The van der Waals surface area contributed by atoms with Gasteiger partial charge >= 0.3 is 6.18 Å². The van der Waals surface area contributed by atoms with E-state index in [1.807, 2.05) is 0 Å². The monoisotopic (exact) mass is 339 g/mol. The molecular formula is C17H16F3NO3. The van der Waals surface area contributed by atoms with Crippen LogP contribution in [-0.4, -0.2) is 20.1 Å². The average molecular weight is 339 g/mol. The molecule has 0 aliphatic rings. The Morgan fingerprint density at radius 1 is 1.04 bits per heavy atom. The van der Waals surface area contributed by atoms with E-state index < -0.39 is 11.7 Å². The predicted molar refractivity (Wildman–Crippen MR) is 83.3 cm³/mol. The number of nitrogens with one attached hydrogen (secondary N) is 1. The van der Waals surface area contributed by atoms with Crippen molar-refractivity contribution in [2.75, 3.05) is 19.5 Å². The Morgan fingerprint density at radius 3 is 2.25 bits per heavy atom. The molecule has 0 saturated heterocycles. The van der Waals surface area contributed by atoms with Gasteiger partial charge in [0.05, 0.1) is 31.9 Å². The second-order valence-electron chi connectivity index (χ2n) is 4.99. The SMILES string of the molecule is COc1ccc(NC(=O)Cc2ccc(C(F)(F)F)cc2)c(OC)c1. The molecule has 0 fully saturated rings. The molecule has 0 aliphatic carbocycles. The summed E-state index contributed by atoms with van der Waals surface area (Å²) in [7, 11) is 2.97. The van der Waals surface area contributed by atoms with E-state index in [4.69, 9.17) is 9.47 Å². The van der Waals surface area contributed by atoms with Crippen LogP contribution in [0.5, 0.6) is 11.5 Å². The van der Waals surface area contributed by atoms with Gasteiger partial charge in [0.2, 0.25) is 5.91 Å². The molecule has 0 bridgehead atoms. The number of hydrogen-bond acceptors (Lipinski definition) is 3. The summed E-state index contributed by atoms with van der Waals surface area (Å²) in [4.78, 5) is 12.1. The smallest absolute Gasteiger partial charge is 0.416 e. The van der Waals surface area contributed by atoms with Crippen molar-refractivity contribution in [3.63, 3.8) is 0 Å². The van der Waals surface area contributed by atoms with Gasteiger partial charge < -0.3 is 14.8 Å². The fourth-order valence-corrected chi connectivity index (χ4v) is 2.09. The second kappa shape index (κ2) is 7.25. The molecule has 2 rings (SSSR count). The zero-order valence-electron chi connectivity index (χ0n) is 13.1. The average Bonchev–Trinajstić information content (AvgIpc) is 2.54. The Morgan fingerprint density at radius 2 is 1.71 bits per heavy atom. The van der Waals surface area contributed by atoms with Crippen LogP contribution < -0.4 is 14.8 Å². The molecule has 0 heterocycles. The zero-order chi connectivity index (χ0) is 17.7. The largest absolute Gasteiger partial charge is 0.497 e. The van der Waals surface area contributed by atoms with Crippen molar-refractivity contribution in [3.8, 4) is 11.5 Å². The molecule has 24 heavy (non-hydrogen) atoms. The highest BCUT2D eigenvalue weighted by Crippen LogP contribution is 2.30. The molecule has 0 atom stereocenters. The topological polar surface area (TPSA) is 47.6 Å². The van der Waals surface area contributed by atoms with Crippen LogP contribution in [0.4, 0.5) is 18.9 Å². The van der Waals surface area contributed by atoms with Gasteiger partial charge in [-0.2, -0.15) is 13.2 Å². The number of alkyl halides is 3. The van der Waals surface area contributed by atoms with Crippen molar-refractivity contribution in [2.24, 2.45) is 0 Å². The molecule has 2 aromatic carbocycles. The molecule has 1 amide bonds. The van der Waals surface area contributed by atoms with Crippen molar-refractivity contribution in [3.05, 3.63) is 53.6 Å². The molecule has 4 nitrogen and oxygen atoms in total. The standard InChI is InChI=1S/C17H16F3NO3/c1-23-13-7-8-14(15(10-13)24-2)21-16(22)9-11-3-5-12(6-4-11)17(18,19)20/h3-8,10H,9H2,1-2H3,(H,21,22). The van der Waals surface area contributed by atoms with E-state index >= 15 is 0 Å². The lowest BCUT2D eigenvalue weighted by molar-refractivity contribution is -0.137. The van der Waals surface area contributed by atoms with E-state index in [0.717, 1.165) is 12.1 Å². The lowest BCUT2D eigenvalue weighted by atomic mass is 10.1. The van der Waals surface area contributed by atoms with Gasteiger partial charge in [0, 0.05) is 6.07 Å². The van der Waals surface area contributed by atoms with Crippen LogP contribution in [-0.2, 0) is 17.4 Å². The van der Waals surface area contributed by atoms with E-state index in [2.05, 4.69) is 5.32 Å². The molecule has 0 aromatic heterocycles. The van der Waals surface area contributed by atoms with Gasteiger partial charge in [0.1, 0.15) is 11.5 Å². The maximum absolute atomic E-state index is 12.5. The van der Waals surface area contributed by atoms with Crippen molar-refractivity contribution in [1.29, 1.82) is 0 Å².